The smallest absolute Gasteiger partial charge is 0.264 e. The van der Waals surface area contributed by atoms with Gasteiger partial charge in [-0.25, -0.2) is 13.1 Å². The predicted octanol–water partition coefficient (Wildman–Crippen LogP) is 1.53. The van der Waals surface area contributed by atoms with Crippen molar-refractivity contribution in [3.63, 3.8) is 0 Å². The van der Waals surface area contributed by atoms with Crippen LogP contribution in [0.15, 0.2) is 23.1 Å². The minimum atomic E-state index is -3.83. The van der Waals surface area contributed by atoms with Crippen molar-refractivity contribution < 1.29 is 17.9 Å². The maximum Gasteiger partial charge on any atom is 0.264 e. The summed E-state index contributed by atoms with van der Waals surface area (Å²) >= 11 is 0. The highest BCUT2D eigenvalue weighted by Crippen LogP contribution is 2.28. The minimum Gasteiger partial charge on any atom is -0.371 e. The molecular formula is C14H19NO4S. The van der Waals surface area contributed by atoms with Crippen molar-refractivity contribution in [1.82, 2.24) is 4.72 Å². The van der Waals surface area contributed by atoms with Crippen molar-refractivity contribution in [2.75, 3.05) is 13.2 Å². The second-order valence-corrected chi connectivity index (χ2v) is 6.91. The summed E-state index contributed by atoms with van der Waals surface area (Å²) in [6.07, 6.45) is 2.25. The molecule has 1 N–H and O–H groups in total. The zero-order valence-corrected chi connectivity index (χ0v) is 12.5. The Morgan fingerprint density at radius 3 is 2.70 bits per heavy atom. The number of carbonyl (C=O) groups excluding carboxylic acids is 1. The Morgan fingerprint density at radius 2 is 2.05 bits per heavy atom. The molecule has 0 aromatic heterocycles. The topological polar surface area (TPSA) is 72.5 Å². The molecule has 0 atom stereocenters. The Hall–Kier alpha value is -1.40. The number of benzene rings is 1. The molecule has 0 saturated heterocycles. The number of hydrogen-bond acceptors (Lipinski definition) is 4. The van der Waals surface area contributed by atoms with E-state index in [1.54, 1.807) is 26.0 Å². The summed E-state index contributed by atoms with van der Waals surface area (Å²) in [4.78, 5) is 11.7. The maximum atomic E-state index is 12.1. The fourth-order valence-electron chi connectivity index (χ4n) is 1.83. The van der Waals surface area contributed by atoms with Gasteiger partial charge in [0.25, 0.3) is 15.9 Å². The van der Waals surface area contributed by atoms with Crippen LogP contribution in [0.2, 0.25) is 0 Å². The van der Waals surface area contributed by atoms with Gasteiger partial charge in [-0.3, -0.25) is 4.79 Å². The van der Waals surface area contributed by atoms with Crippen LogP contribution in [0.3, 0.4) is 0 Å². The Morgan fingerprint density at radius 1 is 1.35 bits per heavy atom. The summed E-state index contributed by atoms with van der Waals surface area (Å²) in [6.45, 7) is 3.80. The molecule has 1 fully saturated rings. The van der Waals surface area contributed by atoms with Crippen LogP contribution >= 0.6 is 0 Å². The molecule has 110 valence electrons. The van der Waals surface area contributed by atoms with E-state index in [1.165, 1.54) is 0 Å². The van der Waals surface area contributed by atoms with Crippen molar-refractivity contribution in [1.29, 1.82) is 0 Å². The van der Waals surface area contributed by atoms with Gasteiger partial charge in [0.2, 0.25) is 0 Å². The number of hydrogen-bond donors (Lipinski definition) is 1. The Kier molecular flexibility index (Phi) is 4.45. The average Bonchev–Trinajstić information content (AvgIpc) is 3.15. The molecule has 1 amide bonds. The molecule has 0 bridgehead atoms. The van der Waals surface area contributed by atoms with Crippen LogP contribution in [0.25, 0.3) is 0 Å². The van der Waals surface area contributed by atoms with Crippen LogP contribution in [0.5, 0.6) is 0 Å². The van der Waals surface area contributed by atoms with Crippen LogP contribution in [-0.2, 0) is 19.6 Å². The van der Waals surface area contributed by atoms with Gasteiger partial charge >= 0.3 is 0 Å². The van der Waals surface area contributed by atoms with E-state index in [1.807, 2.05) is 10.8 Å². The number of ether oxygens (including phenoxy) is 1. The van der Waals surface area contributed by atoms with E-state index in [0.717, 1.165) is 18.4 Å². The molecule has 0 unspecified atom stereocenters. The summed E-state index contributed by atoms with van der Waals surface area (Å²) < 4.78 is 31.5. The van der Waals surface area contributed by atoms with Gasteiger partial charge in [0.15, 0.2) is 0 Å². The lowest BCUT2D eigenvalue weighted by atomic mass is 10.2. The number of rotatable bonds is 6. The summed E-state index contributed by atoms with van der Waals surface area (Å²) in [7, 11) is -3.83. The summed E-state index contributed by atoms with van der Waals surface area (Å²) in [6, 6.07) is 5.10. The summed E-state index contributed by atoms with van der Waals surface area (Å²) in [5, 5.41) is 0. The van der Waals surface area contributed by atoms with Gasteiger partial charge < -0.3 is 4.74 Å². The van der Waals surface area contributed by atoms with E-state index in [9.17, 15) is 13.2 Å². The van der Waals surface area contributed by atoms with Crippen molar-refractivity contribution in [2.45, 2.75) is 31.6 Å². The lowest BCUT2D eigenvalue weighted by molar-refractivity contribution is -0.124. The van der Waals surface area contributed by atoms with Gasteiger partial charge in [-0.15, -0.1) is 0 Å². The highest BCUT2D eigenvalue weighted by atomic mass is 32.2. The first-order valence-corrected chi connectivity index (χ1v) is 8.07. The number of nitrogens with one attached hydrogen (secondary N) is 1. The van der Waals surface area contributed by atoms with Crippen molar-refractivity contribution in [3.05, 3.63) is 29.3 Å². The fraction of sp³-hybridized carbons (Fsp3) is 0.500. The summed E-state index contributed by atoms with van der Waals surface area (Å²) in [5.41, 5.74) is 1.43. The first kappa shape index (κ1) is 15.0. The minimum absolute atomic E-state index is 0.132. The molecular weight excluding hydrogens is 278 g/mol. The first-order chi connectivity index (χ1) is 9.38. The zero-order valence-electron chi connectivity index (χ0n) is 11.7. The highest BCUT2D eigenvalue weighted by molar-refractivity contribution is 7.90. The number of amides is 1. The third-order valence-electron chi connectivity index (χ3n) is 3.16. The Labute approximate surface area is 119 Å². The van der Waals surface area contributed by atoms with E-state index in [0.29, 0.717) is 18.1 Å². The van der Waals surface area contributed by atoms with Gasteiger partial charge in [0, 0.05) is 0 Å². The second-order valence-electron chi connectivity index (χ2n) is 5.26. The van der Waals surface area contributed by atoms with Crippen LogP contribution in [0, 0.1) is 19.8 Å². The molecule has 0 heterocycles. The van der Waals surface area contributed by atoms with E-state index in [4.69, 9.17) is 4.74 Å². The van der Waals surface area contributed by atoms with E-state index in [-0.39, 0.29) is 11.5 Å². The van der Waals surface area contributed by atoms with Gasteiger partial charge in [-0.2, -0.15) is 0 Å². The SMILES string of the molecule is Cc1ccc(C)c(S(=O)(=O)NC(=O)COCC2CC2)c1. The van der Waals surface area contributed by atoms with Gasteiger partial charge in [-0.1, -0.05) is 12.1 Å². The lowest BCUT2D eigenvalue weighted by Gasteiger charge is -2.10. The molecule has 6 heteroatoms. The molecule has 1 aliphatic carbocycles. The molecule has 1 saturated carbocycles. The normalized spacial score (nSPS) is 15.1. The number of carbonyl (C=O) groups is 1. The van der Waals surface area contributed by atoms with Gasteiger partial charge in [-0.05, 0) is 49.8 Å². The third kappa shape index (κ3) is 4.05. The lowest BCUT2D eigenvalue weighted by Crippen LogP contribution is -2.34. The monoisotopic (exact) mass is 297 g/mol. The maximum absolute atomic E-state index is 12.1. The predicted molar refractivity (Wildman–Crippen MR) is 74.8 cm³/mol. The largest absolute Gasteiger partial charge is 0.371 e. The molecule has 1 aromatic rings. The van der Waals surface area contributed by atoms with Crippen LogP contribution in [0.4, 0.5) is 0 Å². The standard InChI is InChI=1S/C14H19NO4S/c1-10-3-4-11(2)13(7-10)20(17,18)15-14(16)9-19-8-12-5-6-12/h3-4,7,12H,5-6,8-9H2,1-2H3,(H,15,16). The van der Waals surface area contributed by atoms with Crippen molar-refractivity contribution >= 4 is 15.9 Å². The van der Waals surface area contributed by atoms with E-state index < -0.39 is 15.9 Å². The van der Waals surface area contributed by atoms with Crippen LogP contribution in [0.1, 0.15) is 24.0 Å². The zero-order chi connectivity index (χ0) is 14.8. The molecule has 5 nitrogen and oxygen atoms in total. The first-order valence-electron chi connectivity index (χ1n) is 6.59. The molecule has 1 aliphatic rings. The molecule has 20 heavy (non-hydrogen) atoms. The Balaban J connectivity index is 1.98. The fourth-order valence-corrected chi connectivity index (χ4v) is 3.14. The molecule has 1 aromatic carbocycles. The molecule has 0 radical (unpaired) electrons. The van der Waals surface area contributed by atoms with Gasteiger partial charge in [0.1, 0.15) is 6.61 Å². The van der Waals surface area contributed by atoms with E-state index in [2.05, 4.69) is 0 Å². The second kappa shape index (κ2) is 5.93. The van der Waals surface area contributed by atoms with Crippen molar-refractivity contribution in [2.24, 2.45) is 5.92 Å². The third-order valence-corrected chi connectivity index (χ3v) is 4.68. The van der Waals surface area contributed by atoms with Crippen LogP contribution in [-0.4, -0.2) is 27.5 Å². The van der Waals surface area contributed by atoms with Gasteiger partial charge in [0.05, 0.1) is 11.5 Å². The number of sulfonamides is 1. The highest BCUT2D eigenvalue weighted by Gasteiger charge is 2.23. The Bertz CT molecular complexity index is 606. The van der Waals surface area contributed by atoms with E-state index >= 15 is 0 Å². The summed E-state index contributed by atoms with van der Waals surface area (Å²) in [5.74, 6) is -0.0926. The average molecular weight is 297 g/mol. The molecule has 2 rings (SSSR count). The molecule has 0 aliphatic heterocycles. The molecule has 0 spiro atoms. The quantitative estimate of drug-likeness (QED) is 0.864. The van der Waals surface area contributed by atoms with Crippen LogP contribution < -0.4 is 4.72 Å². The van der Waals surface area contributed by atoms with Crippen molar-refractivity contribution in [3.8, 4) is 0 Å². The number of aryl methyl sites for hydroxylation is 2.